The van der Waals surface area contributed by atoms with E-state index in [2.05, 4.69) is 5.32 Å². The van der Waals surface area contributed by atoms with E-state index in [4.69, 9.17) is 4.74 Å². The van der Waals surface area contributed by atoms with Crippen molar-refractivity contribution >= 4 is 34.9 Å². The molecule has 0 saturated carbocycles. The second-order valence-corrected chi connectivity index (χ2v) is 9.78. The van der Waals surface area contributed by atoms with E-state index < -0.39 is 36.1 Å². The summed E-state index contributed by atoms with van der Waals surface area (Å²) in [6.45, 7) is 1.67. The number of carbonyl (C=O) groups is 4. The van der Waals surface area contributed by atoms with E-state index in [1.165, 1.54) is 9.80 Å². The number of hydrogen-bond acceptors (Lipinski definition) is 5. The molecule has 1 unspecified atom stereocenters. The Hall–Kier alpha value is -5.24. The van der Waals surface area contributed by atoms with Crippen molar-refractivity contribution in [2.24, 2.45) is 0 Å². The van der Waals surface area contributed by atoms with Crippen molar-refractivity contribution in [3.05, 3.63) is 125 Å². The second-order valence-electron chi connectivity index (χ2n) is 9.78. The van der Waals surface area contributed by atoms with Gasteiger partial charge in [-0.3, -0.25) is 24.1 Å². The fourth-order valence-electron chi connectivity index (χ4n) is 4.84. The summed E-state index contributed by atoms with van der Waals surface area (Å²) in [4.78, 5) is 56.2. The van der Waals surface area contributed by atoms with Gasteiger partial charge in [-0.15, -0.1) is 0 Å². The fourth-order valence-corrected chi connectivity index (χ4v) is 4.84. The summed E-state index contributed by atoms with van der Waals surface area (Å²) in [5.74, 6) is -1.69. The Morgan fingerprint density at radius 2 is 1.51 bits per heavy atom. The molecule has 0 radical (unpaired) electrons. The van der Waals surface area contributed by atoms with Crippen LogP contribution in [0.1, 0.15) is 33.1 Å². The summed E-state index contributed by atoms with van der Waals surface area (Å²) < 4.78 is 5.22. The third-order valence-corrected chi connectivity index (χ3v) is 7.00. The smallest absolute Gasteiger partial charge is 0.299 e. The molecule has 4 aromatic rings. The number of para-hydroxylation sites is 1. The maximum absolute atomic E-state index is 14.1. The van der Waals surface area contributed by atoms with Gasteiger partial charge in [0.2, 0.25) is 5.91 Å². The quantitative estimate of drug-likeness (QED) is 0.300. The molecule has 0 fully saturated rings. The van der Waals surface area contributed by atoms with Crippen LogP contribution < -0.4 is 15.0 Å². The molecule has 1 aliphatic rings. The number of fused-ring (bicyclic) bond motifs is 1. The first-order valence-electron chi connectivity index (χ1n) is 13.2. The number of amides is 3. The zero-order valence-corrected chi connectivity index (χ0v) is 22.7. The largest absolute Gasteiger partial charge is 0.497 e. The summed E-state index contributed by atoms with van der Waals surface area (Å²) in [7, 11) is 1.56. The summed E-state index contributed by atoms with van der Waals surface area (Å²) in [5, 5.41) is 2.92. The molecule has 1 heterocycles. The molecular formula is C33H29N3O5. The first-order valence-corrected chi connectivity index (χ1v) is 13.2. The van der Waals surface area contributed by atoms with Crippen LogP contribution in [0.3, 0.4) is 0 Å². The van der Waals surface area contributed by atoms with Gasteiger partial charge in [0.25, 0.3) is 17.6 Å². The van der Waals surface area contributed by atoms with E-state index in [1.807, 2.05) is 37.3 Å². The topological polar surface area (TPSA) is 96.0 Å². The minimum absolute atomic E-state index is 0.104. The van der Waals surface area contributed by atoms with E-state index in [-0.39, 0.29) is 12.1 Å². The second kappa shape index (κ2) is 11.9. The molecule has 3 amide bonds. The van der Waals surface area contributed by atoms with Gasteiger partial charge >= 0.3 is 0 Å². The number of carbonyl (C=O) groups excluding carboxylic acids is 4. The number of rotatable bonds is 9. The first-order chi connectivity index (χ1) is 19.9. The van der Waals surface area contributed by atoms with Gasteiger partial charge in [-0.2, -0.15) is 0 Å². The number of ketones is 1. The van der Waals surface area contributed by atoms with Crippen molar-refractivity contribution in [3.8, 4) is 5.75 Å². The summed E-state index contributed by atoms with van der Waals surface area (Å²) >= 11 is 0. The predicted molar refractivity (Wildman–Crippen MR) is 156 cm³/mol. The molecule has 0 saturated heterocycles. The molecule has 8 nitrogen and oxygen atoms in total. The van der Waals surface area contributed by atoms with Crippen molar-refractivity contribution < 1.29 is 23.9 Å². The van der Waals surface area contributed by atoms with Crippen LogP contribution in [0.4, 0.5) is 11.4 Å². The highest BCUT2D eigenvalue weighted by Crippen LogP contribution is 2.31. The van der Waals surface area contributed by atoms with Crippen LogP contribution in [0.2, 0.25) is 0 Å². The molecular weight excluding hydrogens is 518 g/mol. The average Bonchev–Trinajstić information content (AvgIpc) is 3.23. The van der Waals surface area contributed by atoms with Gasteiger partial charge < -0.3 is 15.0 Å². The Balaban J connectivity index is 1.52. The Bertz CT molecular complexity index is 1580. The van der Waals surface area contributed by atoms with E-state index in [0.29, 0.717) is 22.7 Å². The Kier molecular flexibility index (Phi) is 7.92. The highest BCUT2D eigenvalue weighted by Gasteiger charge is 2.39. The minimum Gasteiger partial charge on any atom is -0.497 e. The molecule has 0 spiro atoms. The monoisotopic (exact) mass is 547 g/mol. The van der Waals surface area contributed by atoms with Gasteiger partial charge in [0.15, 0.2) is 0 Å². The zero-order chi connectivity index (χ0) is 28.9. The molecule has 8 heteroatoms. The highest BCUT2D eigenvalue weighted by molar-refractivity contribution is 6.52. The fraction of sp³-hybridized carbons (Fsp3) is 0.152. The number of ether oxygens (including phenoxy) is 1. The van der Waals surface area contributed by atoms with Gasteiger partial charge in [-0.25, -0.2) is 0 Å². The van der Waals surface area contributed by atoms with Crippen molar-refractivity contribution in [3.63, 3.8) is 0 Å². The maximum Gasteiger partial charge on any atom is 0.299 e. The Morgan fingerprint density at radius 1 is 0.854 bits per heavy atom. The molecule has 41 heavy (non-hydrogen) atoms. The molecule has 206 valence electrons. The van der Waals surface area contributed by atoms with Crippen LogP contribution in [-0.4, -0.2) is 42.1 Å². The Morgan fingerprint density at radius 3 is 2.20 bits per heavy atom. The van der Waals surface area contributed by atoms with E-state index >= 15 is 0 Å². The number of anilines is 2. The van der Waals surface area contributed by atoms with Crippen molar-refractivity contribution in [1.82, 2.24) is 4.90 Å². The third-order valence-electron chi connectivity index (χ3n) is 7.00. The molecule has 0 aliphatic carbocycles. The molecule has 5 rings (SSSR count). The maximum atomic E-state index is 14.1. The van der Waals surface area contributed by atoms with Gasteiger partial charge in [0, 0.05) is 12.2 Å². The molecule has 0 bridgehead atoms. The lowest BCUT2D eigenvalue weighted by atomic mass is 10.0. The lowest BCUT2D eigenvalue weighted by molar-refractivity contribution is -0.139. The SMILES string of the molecule is COc1ccc(NC(=O)C(c2ccccc2)N(Cc2ccc(C)cc2)C(=O)CN2C(=O)C(=O)c3ccccc32)cc1. The van der Waals surface area contributed by atoms with Crippen molar-refractivity contribution in [2.75, 3.05) is 23.9 Å². The van der Waals surface area contributed by atoms with E-state index in [0.717, 1.165) is 11.1 Å². The van der Waals surface area contributed by atoms with Crippen molar-refractivity contribution in [2.45, 2.75) is 19.5 Å². The third kappa shape index (κ3) is 5.86. The highest BCUT2D eigenvalue weighted by atomic mass is 16.5. The average molecular weight is 548 g/mol. The number of hydrogen-bond donors (Lipinski definition) is 1. The van der Waals surface area contributed by atoms with Gasteiger partial charge in [-0.05, 0) is 54.4 Å². The Labute approximate surface area is 238 Å². The molecule has 1 N–H and O–H groups in total. The summed E-state index contributed by atoms with van der Waals surface area (Å²) in [6, 6.07) is 29.1. The number of aryl methyl sites for hydroxylation is 1. The summed E-state index contributed by atoms with van der Waals surface area (Å²) in [5.41, 5.74) is 3.64. The van der Waals surface area contributed by atoms with E-state index in [9.17, 15) is 19.2 Å². The van der Waals surface area contributed by atoms with Crippen molar-refractivity contribution in [1.29, 1.82) is 0 Å². The predicted octanol–water partition coefficient (Wildman–Crippen LogP) is 4.94. The van der Waals surface area contributed by atoms with E-state index in [1.54, 1.807) is 79.9 Å². The van der Waals surface area contributed by atoms with Crippen LogP contribution in [0, 0.1) is 6.92 Å². The van der Waals surface area contributed by atoms with Gasteiger partial charge in [0.05, 0.1) is 18.4 Å². The van der Waals surface area contributed by atoms with Crippen LogP contribution in [0.15, 0.2) is 103 Å². The number of nitrogens with zero attached hydrogens (tertiary/aromatic N) is 2. The molecule has 0 aromatic heterocycles. The van der Waals surface area contributed by atoms with Gasteiger partial charge in [-0.1, -0.05) is 72.3 Å². The summed E-state index contributed by atoms with van der Waals surface area (Å²) in [6.07, 6.45) is 0. The number of Topliss-reactive ketones (excluding diaryl/α,β-unsaturated/α-hetero) is 1. The zero-order valence-electron chi connectivity index (χ0n) is 22.7. The number of nitrogens with one attached hydrogen (secondary N) is 1. The number of methoxy groups -OCH3 is 1. The molecule has 1 atom stereocenters. The van der Waals surface area contributed by atoms with Gasteiger partial charge in [0.1, 0.15) is 18.3 Å². The lowest BCUT2D eigenvalue weighted by Gasteiger charge is -2.33. The molecule has 1 aliphatic heterocycles. The minimum atomic E-state index is -1.03. The standard InChI is InChI=1S/C33H29N3O5/c1-22-12-14-23(15-13-22)20-36(29(37)21-35-28-11-7-6-10-27(28)31(38)33(35)40)30(24-8-4-3-5-9-24)32(39)34-25-16-18-26(41-2)19-17-25/h3-19,30H,20-21H2,1-2H3,(H,34,39). The lowest BCUT2D eigenvalue weighted by Crippen LogP contribution is -2.46. The van der Waals surface area contributed by atoms with Crippen LogP contribution in [0.5, 0.6) is 5.75 Å². The van der Waals surface area contributed by atoms with Crippen LogP contribution in [-0.2, 0) is 20.9 Å². The van der Waals surface area contributed by atoms with Crippen LogP contribution >= 0.6 is 0 Å². The first kappa shape index (κ1) is 27.3. The molecule has 4 aromatic carbocycles. The number of benzene rings is 4. The van der Waals surface area contributed by atoms with Crippen LogP contribution in [0.25, 0.3) is 0 Å². The normalized spacial score (nSPS) is 13.0.